The van der Waals surface area contributed by atoms with Crippen molar-refractivity contribution in [3.63, 3.8) is 0 Å². The van der Waals surface area contributed by atoms with Crippen molar-refractivity contribution in [1.82, 2.24) is 0 Å². The standard InChI is InChI=1S/C13H17FN2S/c1-8-4-5-11(6-12(8)14)16-13-15-10(3)9(2)7-17-13/h4-6,9-10H,7H2,1-3H3,(H,15,16). The van der Waals surface area contributed by atoms with E-state index in [1.54, 1.807) is 24.8 Å². The Morgan fingerprint density at radius 2 is 2.18 bits per heavy atom. The van der Waals surface area contributed by atoms with Crippen LogP contribution in [0.2, 0.25) is 0 Å². The fourth-order valence-corrected chi connectivity index (χ4v) is 2.69. The summed E-state index contributed by atoms with van der Waals surface area (Å²) in [6.07, 6.45) is 0. The van der Waals surface area contributed by atoms with Gasteiger partial charge in [-0.2, -0.15) is 0 Å². The number of hydrogen-bond donors (Lipinski definition) is 1. The number of thioether (sulfide) groups is 1. The molecule has 17 heavy (non-hydrogen) atoms. The largest absolute Gasteiger partial charge is 0.335 e. The second-order valence-electron chi connectivity index (χ2n) is 4.55. The van der Waals surface area contributed by atoms with Gasteiger partial charge in [-0.15, -0.1) is 0 Å². The molecule has 0 amide bonds. The first-order chi connectivity index (χ1) is 8.06. The maximum atomic E-state index is 13.4. The van der Waals surface area contributed by atoms with Crippen LogP contribution in [-0.2, 0) is 0 Å². The number of nitrogens with zero attached hydrogens (tertiary/aromatic N) is 1. The second-order valence-corrected chi connectivity index (χ2v) is 5.56. The first-order valence-electron chi connectivity index (χ1n) is 5.80. The van der Waals surface area contributed by atoms with Gasteiger partial charge in [0.15, 0.2) is 5.17 Å². The van der Waals surface area contributed by atoms with Gasteiger partial charge in [0, 0.05) is 11.4 Å². The Kier molecular flexibility index (Phi) is 3.72. The summed E-state index contributed by atoms with van der Waals surface area (Å²) in [5, 5.41) is 4.06. The molecular weight excluding hydrogens is 235 g/mol. The van der Waals surface area contributed by atoms with Gasteiger partial charge in [0.25, 0.3) is 0 Å². The van der Waals surface area contributed by atoms with Gasteiger partial charge >= 0.3 is 0 Å². The zero-order valence-electron chi connectivity index (χ0n) is 10.3. The lowest BCUT2D eigenvalue weighted by atomic mass is 10.1. The highest BCUT2D eigenvalue weighted by molar-refractivity contribution is 8.14. The fraction of sp³-hybridized carbons (Fsp3) is 0.462. The smallest absolute Gasteiger partial charge is 0.161 e. The zero-order chi connectivity index (χ0) is 12.4. The molecule has 4 heteroatoms. The molecule has 2 rings (SSSR count). The van der Waals surface area contributed by atoms with Gasteiger partial charge in [-0.3, -0.25) is 4.99 Å². The normalized spacial score (nSPS) is 24.4. The van der Waals surface area contributed by atoms with Gasteiger partial charge < -0.3 is 5.32 Å². The van der Waals surface area contributed by atoms with E-state index >= 15 is 0 Å². The number of anilines is 1. The van der Waals surface area contributed by atoms with E-state index in [1.807, 2.05) is 6.07 Å². The van der Waals surface area contributed by atoms with Crippen LogP contribution >= 0.6 is 11.8 Å². The van der Waals surface area contributed by atoms with E-state index in [0.29, 0.717) is 17.5 Å². The van der Waals surface area contributed by atoms with E-state index in [-0.39, 0.29) is 5.82 Å². The number of nitrogens with one attached hydrogen (secondary N) is 1. The molecule has 1 heterocycles. The Labute approximate surface area is 106 Å². The number of aryl methyl sites for hydroxylation is 1. The summed E-state index contributed by atoms with van der Waals surface area (Å²) in [5.41, 5.74) is 1.43. The van der Waals surface area contributed by atoms with Crippen LogP contribution in [0.15, 0.2) is 23.2 Å². The summed E-state index contributed by atoms with van der Waals surface area (Å²) in [5.74, 6) is 1.47. The lowest BCUT2D eigenvalue weighted by Crippen LogP contribution is -2.25. The summed E-state index contributed by atoms with van der Waals surface area (Å²) in [6.45, 7) is 6.07. The Balaban J connectivity index is 2.11. The van der Waals surface area contributed by atoms with Crippen LogP contribution in [0.25, 0.3) is 0 Å². The maximum absolute atomic E-state index is 13.4. The number of halogens is 1. The molecule has 1 aliphatic rings. The SMILES string of the molecule is Cc1ccc(NC2=NC(C)C(C)CS2)cc1F. The van der Waals surface area contributed by atoms with Crippen molar-refractivity contribution >= 4 is 22.6 Å². The van der Waals surface area contributed by atoms with Crippen molar-refractivity contribution in [2.24, 2.45) is 10.9 Å². The van der Waals surface area contributed by atoms with Gasteiger partial charge in [-0.05, 0) is 37.5 Å². The van der Waals surface area contributed by atoms with Gasteiger partial charge in [-0.1, -0.05) is 24.8 Å². The molecule has 0 bridgehead atoms. The molecule has 1 aromatic carbocycles. The molecule has 0 saturated heterocycles. The first-order valence-corrected chi connectivity index (χ1v) is 6.78. The van der Waals surface area contributed by atoms with Crippen LogP contribution in [-0.4, -0.2) is 17.0 Å². The van der Waals surface area contributed by atoms with E-state index in [9.17, 15) is 4.39 Å². The summed E-state index contributed by atoms with van der Waals surface area (Å²) in [4.78, 5) is 4.56. The van der Waals surface area contributed by atoms with E-state index in [4.69, 9.17) is 0 Å². The fourth-order valence-electron chi connectivity index (χ4n) is 1.56. The van der Waals surface area contributed by atoms with E-state index in [2.05, 4.69) is 24.2 Å². The van der Waals surface area contributed by atoms with Gasteiger partial charge in [0.1, 0.15) is 5.82 Å². The Bertz CT molecular complexity index is 445. The average Bonchev–Trinajstić information content (AvgIpc) is 2.29. The predicted octanol–water partition coefficient (Wildman–Crippen LogP) is 3.67. The topological polar surface area (TPSA) is 24.4 Å². The number of aliphatic imine (C=N–C) groups is 1. The van der Waals surface area contributed by atoms with Crippen molar-refractivity contribution in [2.45, 2.75) is 26.8 Å². The third kappa shape index (κ3) is 3.00. The minimum atomic E-state index is -0.183. The molecule has 1 aromatic rings. The van der Waals surface area contributed by atoms with Crippen LogP contribution in [0.5, 0.6) is 0 Å². The van der Waals surface area contributed by atoms with Crippen LogP contribution < -0.4 is 5.32 Å². The lowest BCUT2D eigenvalue weighted by molar-refractivity contribution is 0.537. The number of hydrogen-bond acceptors (Lipinski definition) is 3. The molecule has 2 nitrogen and oxygen atoms in total. The van der Waals surface area contributed by atoms with Crippen molar-refractivity contribution in [3.8, 4) is 0 Å². The predicted molar refractivity (Wildman–Crippen MR) is 73.3 cm³/mol. The highest BCUT2D eigenvalue weighted by Gasteiger charge is 2.19. The summed E-state index contributed by atoms with van der Waals surface area (Å²) < 4.78 is 13.4. The Morgan fingerprint density at radius 3 is 2.82 bits per heavy atom. The van der Waals surface area contributed by atoms with Crippen LogP contribution in [0.1, 0.15) is 19.4 Å². The number of amidine groups is 1. The van der Waals surface area contributed by atoms with Gasteiger partial charge in [0.2, 0.25) is 0 Å². The molecule has 92 valence electrons. The molecule has 2 unspecified atom stereocenters. The Hall–Kier alpha value is -1.03. The average molecular weight is 252 g/mol. The van der Waals surface area contributed by atoms with Crippen molar-refractivity contribution < 1.29 is 4.39 Å². The van der Waals surface area contributed by atoms with Crippen molar-refractivity contribution in [1.29, 1.82) is 0 Å². The maximum Gasteiger partial charge on any atom is 0.161 e. The monoisotopic (exact) mass is 252 g/mol. The van der Waals surface area contributed by atoms with E-state index in [0.717, 1.165) is 16.6 Å². The van der Waals surface area contributed by atoms with Gasteiger partial charge in [-0.25, -0.2) is 4.39 Å². The molecule has 1 N–H and O–H groups in total. The van der Waals surface area contributed by atoms with Crippen LogP contribution in [0.4, 0.5) is 10.1 Å². The first kappa shape index (κ1) is 12.4. The molecule has 0 fully saturated rings. The van der Waals surface area contributed by atoms with Gasteiger partial charge in [0.05, 0.1) is 6.04 Å². The minimum Gasteiger partial charge on any atom is -0.335 e. The molecule has 0 aromatic heterocycles. The minimum absolute atomic E-state index is 0.183. The molecule has 1 aliphatic heterocycles. The summed E-state index contributed by atoms with van der Waals surface area (Å²) in [6, 6.07) is 5.50. The Morgan fingerprint density at radius 1 is 1.41 bits per heavy atom. The zero-order valence-corrected chi connectivity index (χ0v) is 11.1. The highest BCUT2D eigenvalue weighted by Crippen LogP contribution is 2.24. The third-order valence-corrected chi connectivity index (χ3v) is 4.22. The number of rotatable bonds is 1. The summed E-state index contributed by atoms with van der Waals surface area (Å²) in [7, 11) is 0. The van der Waals surface area contributed by atoms with E-state index < -0.39 is 0 Å². The molecule has 2 atom stereocenters. The molecule has 0 saturated carbocycles. The molecule has 0 radical (unpaired) electrons. The van der Waals surface area contributed by atoms with Crippen LogP contribution in [0.3, 0.4) is 0 Å². The summed E-state index contributed by atoms with van der Waals surface area (Å²) >= 11 is 1.70. The quantitative estimate of drug-likeness (QED) is 0.824. The third-order valence-electron chi connectivity index (χ3n) is 3.05. The van der Waals surface area contributed by atoms with Crippen LogP contribution in [0, 0.1) is 18.7 Å². The van der Waals surface area contributed by atoms with Crippen molar-refractivity contribution in [3.05, 3.63) is 29.6 Å². The molecule has 0 aliphatic carbocycles. The second kappa shape index (κ2) is 5.08. The van der Waals surface area contributed by atoms with E-state index in [1.165, 1.54) is 6.07 Å². The molecular formula is C13H17FN2S. The molecule has 0 spiro atoms. The lowest BCUT2D eigenvalue weighted by Gasteiger charge is -2.23. The highest BCUT2D eigenvalue weighted by atomic mass is 32.2. The van der Waals surface area contributed by atoms with Crippen molar-refractivity contribution in [2.75, 3.05) is 11.1 Å². The number of benzene rings is 1.